The second-order valence-electron chi connectivity index (χ2n) is 7.44. The average Bonchev–Trinajstić information content (AvgIpc) is 3.07. The summed E-state index contributed by atoms with van der Waals surface area (Å²) in [6.07, 6.45) is 1.86. The normalized spacial score (nSPS) is 17.2. The second-order valence-corrected chi connectivity index (χ2v) is 7.44. The number of aromatic nitrogens is 3. The highest BCUT2D eigenvalue weighted by Crippen LogP contribution is 2.15. The van der Waals surface area contributed by atoms with Crippen molar-refractivity contribution in [2.24, 2.45) is 4.99 Å². The number of aliphatic imine (C=N–C) groups is 1. The van der Waals surface area contributed by atoms with Crippen LogP contribution in [0.4, 0.5) is 4.79 Å². The molecule has 0 unspecified atom stereocenters. The fourth-order valence-corrected chi connectivity index (χ4v) is 2.94. The van der Waals surface area contributed by atoms with E-state index in [0.29, 0.717) is 25.6 Å². The number of nitrogens with zero attached hydrogens (tertiary/aromatic N) is 5. The van der Waals surface area contributed by atoms with E-state index in [-0.39, 0.29) is 36.1 Å². The number of aryl methyl sites for hydroxylation is 1. The lowest BCUT2D eigenvalue weighted by atomic mass is 10.1. The molecule has 0 saturated carbocycles. The first kappa shape index (κ1) is 20.7. The molecule has 2 aliphatic rings. The fraction of sp³-hybridized carbons (Fsp3) is 0.750. The zero-order valence-electron chi connectivity index (χ0n) is 15.8. The SMILES string of the molecule is CN=C(NCc1nnc2n1CCC2)NC1CN(C(=O)OC(C)(C)C)C1.I. The summed E-state index contributed by atoms with van der Waals surface area (Å²) in [4.78, 5) is 17.9. The van der Waals surface area contributed by atoms with Gasteiger partial charge in [0.25, 0.3) is 0 Å². The van der Waals surface area contributed by atoms with Crippen molar-refractivity contribution < 1.29 is 9.53 Å². The van der Waals surface area contributed by atoms with Crippen molar-refractivity contribution in [2.75, 3.05) is 20.1 Å². The van der Waals surface area contributed by atoms with Crippen LogP contribution in [0.1, 0.15) is 38.8 Å². The number of ether oxygens (including phenoxy) is 1. The van der Waals surface area contributed by atoms with Crippen molar-refractivity contribution in [2.45, 2.75) is 58.3 Å². The van der Waals surface area contributed by atoms with Gasteiger partial charge < -0.3 is 24.8 Å². The molecule has 1 saturated heterocycles. The zero-order valence-corrected chi connectivity index (χ0v) is 18.1. The van der Waals surface area contributed by atoms with Gasteiger partial charge in [-0.05, 0) is 27.2 Å². The highest BCUT2D eigenvalue weighted by Gasteiger charge is 2.34. The van der Waals surface area contributed by atoms with Gasteiger partial charge in [0, 0.05) is 33.1 Å². The predicted octanol–water partition coefficient (Wildman–Crippen LogP) is 1.13. The van der Waals surface area contributed by atoms with E-state index in [0.717, 1.165) is 31.0 Å². The van der Waals surface area contributed by atoms with E-state index < -0.39 is 5.60 Å². The number of carbonyl (C=O) groups excluding carboxylic acids is 1. The van der Waals surface area contributed by atoms with Crippen molar-refractivity contribution >= 4 is 36.0 Å². The monoisotopic (exact) mass is 477 g/mol. The van der Waals surface area contributed by atoms with Gasteiger partial charge in [-0.3, -0.25) is 4.99 Å². The first-order valence-corrected chi connectivity index (χ1v) is 8.72. The Morgan fingerprint density at radius 1 is 1.35 bits per heavy atom. The zero-order chi connectivity index (χ0) is 18.0. The molecule has 146 valence electrons. The molecule has 0 atom stereocenters. The molecule has 1 aromatic rings. The van der Waals surface area contributed by atoms with Crippen LogP contribution in [0.25, 0.3) is 0 Å². The molecule has 1 aromatic heterocycles. The van der Waals surface area contributed by atoms with E-state index >= 15 is 0 Å². The molecule has 3 heterocycles. The molecule has 2 N–H and O–H groups in total. The quantitative estimate of drug-likeness (QED) is 0.385. The van der Waals surface area contributed by atoms with E-state index in [1.54, 1.807) is 11.9 Å². The van der Waals surface area contributed by atoms with Crippen molar-refractivity contribution in [3.05, 3.63) is 11.6 Å². The topological polar surface area (TPSA) is 96.7 Å². The maximum Gasteiger partial charge on any atom is 0.410 e. The number of likely N-dealkylation sites (tertiary alicyclic amines) is 1. The number of hydrogen-bond donors (Lipinski definition) is 2. The Bertz CT molecular complexity index is 662. The number of fused-ring (bicyclic) bond motifs is 1. The molecule has 1 fully saturated rings. The highest BCUT2D eigenvalue weighted by atomic mass is 127. The molecule has 0 aliphatic carbocycles. The fourth-order valence-electron chi connectivity index (χ4n) is 2.94. The van der Waals surface area contributed by atoms with Crippen LogP contribution < -0.4 is 10.6 Å². The number of rotatable bonds is 3. The Morgan fingerprint density at radius 2 is 2.08 bits per heavy atom. The first-order valence-electron chi connectivity index (χ1n) is 8.72. The van der Waals surface area contributed by atoms with Gasteiger partial charge in [-0.15, -0.1) is 34.2 Å². The van der Waals surface area contributed by atoms with Gasteiger partial charge >= 0.3 is 6.09 Å². The molecule has 26 heavy (non-hydrogen) atoms. The predicted molar refractivity (Wildman–Crippen MR) is 109 cm³/mol. The molecule has 1 amide bonds. The highest BCUT2D eigenvalue weighted by molar-refractivity contribution is 14.0. The summed E-state index contributed by atoms with van der Waals surface area (Å²) in [6, 6.07) is 0.169. The summed E-state index contributed by atoms with van der Waals surface area (Å²) in [5, 5.41) is 15.0. The van der Waals surface area contributed by atoms with E-state index in [1.165, 1.54) is 0 Å². The summed E-state index contributed by atoms with van der Waals surface area (Å²) in [6.45, 7) is 8.38. The molecule has 0 bridgehead atoms. The van der Waals surface area contributed by atoms with Crippen LogP contribution in [-0.2, 0) is 24.2 Å². The van der Waals surface area contributed by atoms with Gasteiger partial charge in [-0.1, -0.05) is 0 Å². The minimum Gasteiger partial charge on any atom is -0.444 e. The molecular weight excluding hydrogens is 449 g/mol. The van der Waals surface area contributed by atoms with Crippen LogP contribution >= 0.6 is 24.0 Å². The molecule has 9 nitrogen and oxygen atoms in total. The number of amides is 1. The van der Waals surface area contributed by atoms with Gasteiger partial charge in [0.15, 0.2) is 11.8 Å². The third-order valence-electron chi connectivity index (χ3n) is 4.20. The molecular formula is C16H28IN7O2. The maximum atomic E-state index is 11.9. The van der Waals surface area contributed by atoms with Crippen LogP contribution in [0, 0.1) is 0 Å². The van der Waals surface area contributed by atoms with Crippen LogP contribution in [0.3, 0.4) is 0 Å². The van der Waals surface area contributed by atoms with Crippen LogP contribution in [0.5, 0.6) is 0 Å². The Morgan fingerprint density at radius 3 is 2.73 bits per heavy atom. The minimum absolute atomic E-state index is 0. The Hall–Kier alpha value is -1.59. The third-order valence-corrected chi connectivity index (χ3v) is 4.20. The number of hydrogen-bond acceptors (Lipinski definition) is 5. The second kappa shape index (κ2) is 8.40. The van der Waals surface area contributed by atoms with E-state index in [4.69, 9.17) is 4.74 Å². The summed E-state index contributed by atoms with van der Waals surface area (Å²) in [5.74, 6) is 2.69. The van der Waals surface area contributed by atoms with Crippen molar-refractivity contribution in [1.29, 1.82) is 0 Å². The number of halogens is 1. The van der Waals surface area contributed by atoms with Crippen molar-refractivity contribution in [1.82, 2.24) is 30.3 Å². The smallest absolute Gasteiger partial charge is 0.410 e. The summed E-state index contributed by atoms with van der Waals surface area (Å²) in [5.41, 5.74) is -0.467. The summed E-state index contributed by atoms with van der Waals surface area (Å²) < 4.78 is 7.52. The van der Waals surface area contributed by atoms with Gasteiger partial charge in [0.1, 0.15) is 11.4 Å². The standard InChI is InChI=1S/C16H27N7O2.HI/c1-16(2,3)25-15(24)22-9-11(10-22)19-14(17-4)18-8-13-21-20-12-6-5-7-23(12)13;/h11H,5-10H2,1-4H3,(H2,17,18,19);1H. The van der Waals surface area contributed by atoms with Crippen molar-refractivity contribution in [3.8, 4) is 0 Å². The van der Waals surface area contributed by atoms with Gasteiger partial charge in [-0.25, -0.2) is 4.79 Å². The molecule has 10 heteroatoms. The minimum atomic E-state index is -0.467. The van der Waals surface area contributed by atoms with Gasteiger partial charge in [-0.2, -0.15) is 0 Å². The molecule has 0 spiro atoms. The average molecular weight is 477 g/mol. The van der Waals surface area contributed by atoms with E-state index in [2.05, 4.69) is 30.4 Å². The van der Waals surface area contributed by atoms with Crippen LogP contribution in [-0.4, -0.2) is 63.5 Å². The maximum absolute atomic E-state index is 11.9. The van der Waals surface area contributed by atoms with E-state index in [1.807, 2.05) is 20.8 Å². The van der Waals surface area contributed by atoms with Crippen molar-refractivity contribution in [3.63, 3.8) is 0 Å². The third kappa shape index (κ3) is 4.98. The summed E-state index contributed by atoms with van der Waals surface area (Å²) in [7, 11) is 1.73. The molecule has 0 aromatic carbocycles. The number of nitrogens with one attached hydrogen (secondary N) is 2. The van der Waals surface area contributed by atoms with E-state index in [9.17, 15) is 4.79 Å². The first-order chi connectivity index (χ1) is 11.9. The Kier molecular flexibility index (Phi) is 6.69. The molecule has 0 radical (unpaired) electrons. The lowest BCUT2D eigenvalue weighted by Crippen LogP contribution is -2.63. The lowest BCUT2D eigenvalue weighted by molar-refractivity contribution is 0.00701. The van der Waals surface area contributed by atoms with Crippen LogP contribution in [0.15, 0.2) is 4.99 Å². The van der Waals surface area contributed by atoms with Crippen LogP contribution in [0.2, 0.25) is 0 Å². The van der Waals surface area contributed by atoms with Gasteiger partial charge in [0.05, 0.1) is 12.6 Å². The summed E-state index contributed by atoms with van der Waals surface area (Å²) >= 11 is 0. The number of carbonyl (C=O) groups is 1. The Balaban J connectivity index is 0.00000243. The number of guanidine groups is 1. The lowest BCUT2D eigenvalue weighted by Gasteiger charge is -2.40. The van der Waals surface area contributed by atoms with Gasteiger partial charge in [0.2, 0.25) is 0 Å². The molecule has 3 rings (SSSR count). The largest absolute Gasteiger partial charge is 0.444 e. The Labute approximate surface area is 171 Å². The molecule has 2 aliphatic heterocycles.